The first kappa shape index (κ1) is 17.7. The van der Waals surface area contributed by atoms with Gasteiger partial charge in [-0.1, -0.05) is 41.1 Å². The van der Waals surface area contributed by atoms with Crippen molar-refractivity contribution in [1.29, 1.82) is 0 Å². The summed E-state index contributed by atoms with van der Waals surface area (Å²) in [6.07, 6.45) is 0.0328. The van der Waals surface area contributed by atoms with E-state index in [1.165, 1.54) is 4.90 Å². The van der Waals surface area contributed by atoms with E-state index in [0.717, 1.165) is 4.47 Å². The molecular weight excluding hydrogens is 334 g/mol. The van der Waals surface area contributed by atoms with Crippen LogP contribution in [0.5, 0.6) is 0 Å². The Bertz CT molecular complexity index is 522. The van der Waals surface area contributed by atoms with E-state index in [-0.39, 0.29) is 5.78 Å². The van der Waals surface area contributed by atoms with Crippen molar-refractivity contribution < 1.29 is 14.3 Å². The summed E-state index contributed by atoms with van der Waals surface area (Å²) in [5, 5.41) is 0. The lowest BCUT2D eigenvalue weighted by molar-refractivity contribution is 0.0214. The standard InChI is InChI=1S/C16H22BrNO3/c1-6-13(18(5)15(20)21-16(2,3)4)14(19)11-9-7-8-10-12(11)17/h7-10,13H,6H2,1-5H3. The Morgan fingerprint density at radius 3 is 2.33 bits per heavy atom. The van der Waals surface area contributed by atoms with E-state index in [9.17, 15) is 9.59 Å². The highest BCUT2D eigenvalue weighted by Crippen LogP contribution is 2.21. The summed E-state index contributed by atoms with van der Waals surface area (Å²) in [6, 6.07) is 6.67. The van der Waals surface area contributed by atoms with Gasteiger partial charge in [0.2, 0.25) is 0 Å². The number of hydrogen-bond donors (Lipinski definition) is 0. The average molecular weight is 356 g/mol. The van der Waals surface area contributed by atoms with Gasteiger partial charge in [-0.3, -0.25) is 4.79 Å². The Kier molecular flexibility index (Phi) is 5.96. The predicted molar refractivity (Wildman–Crippen MR) is 86.5 cm³/mol. The van der Waals surface area contributed by atoms with Gasteiger partial charge in [-0.25, -0.2) is 4.79 Å². The molecule has 0 aliphatic rings. The van der Waals surface area contributed by atoms with Crippen LogP contribution >= 0.6 is 15.9 Å². The summed E-state index contributed by atoms with van der Waals surface area (Å²) in [5.74, 6) is -0.0988. The Morgan fingerprint density at radius 2 is 1.86 bits per heavy atom. The predicted octanol–water partition coefficient (Wildman–Crippen LogP) is 4.28. The summed E-state index contributed by atoms with van der Waals surface area (Å²) in [4.78, 5) is 26.1. The van der Waals surface area contributed by atoms with Gasteiger partial charge in [-0.2, -0.15) is 0 Å². The smallest absolute Gasteiger partial charge is 0.410 e. The Hall–Kier alpha value is -1.36. The van der Waals surface area contributed by atoms with Crippen molar-refractivity contribution in [3.05, 3.63) is 34.3 Å². The van der Waals surface area contributed by atoms with Gasteiger partial charge in [0, 0.05) is 17.1 Å². The molecule has 0 aromatic heterocycles. The lowest BCUT2D eigenvalue weighted by Gasteiger charge is -2.29. The maximum atomic E-state index is 12.6. The molecule has 0 heterocycles. The zero-order valence-electron chi connectivity index (χ0n) is 13.1. The lowest BCUT2D eigenvalue weighted by atomic mass is 10.0. The highest BCUT2D eigenvalue weighted by Gasteiger charge is 2.30. The lowest BCUT2D eigenvalue weighted by Crippen LogP contribution is -2.44. The molecule has 4 nitrogen and oxygen atoms in total. The molecule has 1 aromatic rings. The molecule has 0 N–H and O–H groups in total. The summed E-state index contributed by atoms with van der Waals surface area (Å²) in [7, 11) is 1.59. The first-order valence-corrected chi connectivity index (χ1v) is 7.71. The van der Waals surface area contributed by atoms with Gasteiger partial charge in [0.15, 0.2) is 5.78 Å². The van der Waals surface area contributed by atoms with E-state index < -0.39 is 17.7 Å². The molecule has 0 saturated heterocycles. The third kappa shape index (κ3) is 4.84. The van der Waals surface area contributed by atoms with Gasteiger partial charge in [-0.05, 0) is 33.3 Å². The molecule has 21 heavy (non-hydrogen) atoms. The minimum Gasteiger partial charge on any atom is -0.444 e. The van der Waals surface area contributed by atoms with Crippen molar-refractivity contribution in [3.8, 4) is 0 Å². The van der Waals surface area contributed by atoms with Crippen LogP contribution in [-0.2, 0) is 4.74 Å². The van der Waals surface area contributed by atoms with Crippen LogP contribution in [-0.4, -0.2) is 35.5 Å². The van der Waals surface area contributed by atoms with Crippen LogP contribution < -0.4 is 0 Å². The van der Waals surface area contributed by atoms with E-state index in [2.05, 4.69) is 15.9 Å². The molecule has 116 valence electrons. The molecule has 0 saturated carbocycles. The van der Waals surface area contributed by atoms with Crippen LogP contribution in [0.25, 0.3) is 0 Å². The SMILES string of the molecule is CCC(C(=O)c1ccccc1Br)N(C)C(=O)OC(C)(C)C. The number of carbonyl (C=O) groups excluding carboxylic acids is 2. The number of likely N-dealkylation sites (N-methyl/N-ethyl adjacent to an activating group) is 1. The summed E-state index contributed by atoms with van der Waals surface area (Å²) in [6.45, 7) is 7.28. The van der Waals surface area contributed by atoms with E-state index in [1.54, 1.807) is 40.0 Å². The molecule has 1 rings (SSSR count). The molecule has 0 fully saturated rings. The number of ketones is 1. The molecule has 0 aliphatic heterocycles. The van der Waals surface area contributed by atoms with Crippen molar-refractivity contribution in [2.24, 2.45) is 0 Å². The molecule has 1 amide bonds. The number of rotatable bonds is 4. The molecule has 1 unspecified atom stereocenters. The number of ether oxygens (including phenoxy) is 1. The van der Waals surface area contributed by atoms with E-state index in [4.69, 9.17) is 4.74 Å². The first-order valence-electron chi connectivity index (χ1n) is 6.92. The third-order valence-electron chi connectivity index (χ3n) is 2.98. The van der Waals surface area contributed by atoms with Crippen LogP contribution in [0.4, 0.5) is 4.79 Å². The van der Waals surface area contributed by atoms with Gasteiger partial charge in [-0.15, -0.1) is 0 Å². The van der Waals surface area contributed by atoms with Crippen LogP contribution in [0, 0.1) is 0 Å². The molecule has 1 atom stereocenters. The molecule has 0 radical (unpaired) electrons. The topological polar surface area (TPSA) is 46.6 Å². The first-order chi connectivity index (χ1) is 9.67. The Balaban J connectivity index is 2.95. The minimum absolute atomic E-state index is 0.0988. The summed E-state index contributed by atoms with van der Waals surface area (Å²) < 4.78 is 6.05. The number of carbonyl (C=O) groups is 2. The number of nitrogens with zero attached hydrogens (tertiary/aromatic N) is 1. The zero-order valence-corrected chi connectivity index (χ0v) is 14.7. The van der Waals surface area contributed by atoms with Crippen molar-refractivity contribution in [2.75, 3.05) is 7.05 Å². The van der Waals surface area contributed by atoms with Crippen molar-refractivity contribution in [2.45, 2.75) is 45.8 Å². The van der Waals surface area contributed by atoms with Crippen LogP contribution in [0.15, 0.2) is 28.7 Å². The van der Waals surface area contributed by atoms with E-state index >= 15 is 0 Å². The quantitative estimate of drug-likeness (QED) is 0.757. The fraction of sp³-hybridized carbons (Fsp3) is 0.500. The average Bonchev–Trinajstić information content (AvgIpc) is 2.37. The van der Waals surface area contributed by atoms with Crippen LogP contribution in [0.3, 0.4) is 0 Å². The second-order valence-electron chi connectivity index (χ2n) is 5.86. The van der Waals surface area contributed by atoms with Gasteiger partial charge in [0.1, 0.15) is 5.60 Å². The molecule has 0 spiro atoms. The normalized spacial score (nSPS) is 12.7. The fourth-order valence-electron chi connectivity index (χ4n) is 1.94. The van der Waals surface area contributed by atoms with Crippen molar-refractivity contribution in [3.63, 3.8) is 0 Å². The van der Waals surface area contributed by atoms with Gasteiger partial charge < -0.3 is 9.64 Å². The Morgan fingerprint density at radius 1 is 1.29 bits per heavy atom. The largest absolute Gasteiger partial charge is 0.444 e. The maximum absolute atomic E-state index is 12.6. The van der Waals surface area contributed by atoms with Crippen molar-refractivity contribution in [1.82, 2.24) is 4.90 Å². The number of benzene rings is 1. The van der Waals surface area contributed by atoms with Gasteiger partial charge in [0.25, 0.3) is 0 Å². The number of Topliss-reactive ketones (excluding diaryl/α,β-unsaturated/α-hetero) is 1. The third-order valence-corrected chi connectivity index (χ3v) is 3.67. The second kappa shape index (κ2) is 7.07. The fourth-order valence-corrected chi connectivity index (χ4v) is 2.42. The van der Waals surface area contributed by atoms with E-state index in [1.807, 2.05) is 19.1 Å². The summed E-state index contributed by atoms with van der Waals surface area (Å²) >= 11 is 3.37. The second-order valence-corrected chi connectivity index (χ2v) is 6.71. The monoisotopic (exact) mass is 355 g/mol. The molecule has 1 aromatic carbocycles. The number of amides is 1. The summed E-state index contributed by atoms with van der Waals surface area (Å²) in [5.41, 5.74) is -0.0141. The van der Waals surface area contributed by atoms with E-state index in [0.29, 0.717) is 12.0 Å². The minimum atomic E-state index is -0.583. The maximum Gasteiger partial charge on any atom is 0.410 e. The van der Waals surface area contributed by atoms with Crippen LogP contribution in [0.1, 0.15) is 44.5 Å². The molecule has 0 bridgehead atoms. The number of hydrogen-bond acceptors (Lipinski definition) is 3. The van der Waals surface area contributed by atoms with Gasteiger partial charge in [0.05, 0.1) is 6.04 Å². The molecule has 5 heteroatoms. The van der Waals surface area contributed by atoms with Crippen molar-refractivity contribution >= 4 is 27.8 Å². The molecule has 0 aliphatic carbocycles. The Labute approximate surface area is 134 Å². The highest BCUT2D eigenvalue weighted by atomic mass is 79.9. The molecular formula is C16H22BrNO3. The number of halogens is 1. The highest BCUT2D eigenvalue weighted by molar-refractivity contribution is 9.10. The zero-order chi connectivity index (χ0) is 16.2. The van der Waals surface area contributed by atoms with Crippen LogP contribution in [0.2, 0.25) is 0 Å². The van der Waals surface area contributed by atoms with Gasteiger partial charge >= 0.3 is 6.09 Å².